The van der Waals surface area contributed by atoms with Crippen molar-refractivity contribution in [2.24, 2.45) is 0 Å². The van der Waals surface area contributed by atoms with E-state index < -0.39 is 5.97 Å². The number of nitrogens with one attached hydrogen (secondary N) is 1. The standard InChI is InChI=1S/C8H15NO2/c1-5(2)9-7(4)6(3)8(10)11/h5,7,9H,3H2,1-2,4H3,(H,10,11). The first-order valence-corrected chi connectivity index (χ1v) is 3.63. The lowest BCUT2D eigenvalue weighted by atomic mass is 10.1. The number of hydrogen-bond donors (Lipinski definition) is 2. The third-order valence-electron chi connectivity index (χ3n) is 1.38. The Labute approximate surface area is 67.1 Å². The van der Waals surface area contributed by atoms with Crippen LogP contribution in [0.15, 0.2) is 12.2 Å². The number of aliphatic carboxylic acids is 1. The van der Waals surface area contributed by atoms with Gasteiger partial charge < -0.3 is 10.4 Å². The summed E-state index contributed by atoms with van der Waals surface area (Å²) in [7, 11) is 0. The highest BCUT2D eigenvalue weighted by Gasteiger charge is 2.12. The molecular formula is C8H15NO2. The Bertz CT molecular complexity index is 163. The Hall–Kier alpha value is -0.830. The number of carbonyl (C=O) groups is 1. The number of rotatable bonds is 4. The molecule has 3 heteroatoms. The molecule has 3 nitrogen and oxygen atoms in total. The first-order valence-electron chi connectivity index (χ1n) is 3.63. The monoisotopic (exact) mass is 157 g/mol. The first-order chi connectivity index (χ1) is 4.95. The van der Waals surface area contributed by atoms with E-state index in [1.807, 2.05) is 13.8 Å². The third-order valence-corrected chi connectivity index (χ3v) is 1.38. The highest BCUT2D eigenvalue weighted by Crippen LogP contribution is 1.99. The minimum atomic E-state index is -0.939. The lowest BCUT2D eigenvalue weighted by Crippen LogP contribution is -2.35. The van der Waals surface area contributed by atoms with Crippen LogP contribution in [0.5, 0.6) is 0 Å². The molecule has 0 rings (SSSR count). The minimum absolute atomic E-state index is 0.160. The van der Waals surface area contributed by atoms with Crippen LogP contribution < -0.4 is 5.32 Å². The van der Waals surface area contributed by atoms with E-state index in [1.54, 1.807) is 6.92 Å². The summed E-state index contributed by atoms with van der Waals surface area (Å²) in [6.45, 7) is 9.16. The highest BCUT2D eigenvalue weighted by atomic mass is 16.4. The van der Waals surface area contributed by atoms with Gasteiger partial charge in [0.15, 0.2) is 0 Å². The van der Waals surface area contributed by atoms with Crippen molar-refractivity contribution in [1.82, 2.24) is 5.32 Å². The summed E-state index contributed by atoms with van der Waals surface area (Å²) < 4.78 is 0. The van der Waals surface area contributed by atoms with Crippen molar-refractivity contribution in [3.8, 4) is 0 Å². The molecule has 0 fully saturated rings. The van der Waals surface area contributed by atoms with Crippen LogP contribution >= 0.6 is 0 Å². The molecule has 0 saturated carbocycles. The fraction of sp³-hybridized carbons (Fsp3) is 0.625. The Morgan fingerprint density at radius 1 is 1.45 bits per heavy atom. The van der Waals surface area contributed by atoms with Gasteiger partial charge in [-0.25, -0.2) is 4.79 Å². The lowest BCUT2D eigenvalue weighted by Gasteiger charge is -2.16. The molecule has 2 N–H and O–H groups in total. The van der Waals surface area contributed by atoms with Gasteiger partial charge in [-0.2, -0.15) is 0 Å². The van der Waals surface area contributed by atoms with E-state index in [0.717, 1.165) is 0 Å². The maximum atomic E-state index is 10.4. The molecule has 0 aliphatic carbocycles. The van der Waals surface area contributed by atoms with Crippen molar-refractivity contribution < 1.29 is 9.90 Å². The van der Waals surface area contributed by atoms with Gasteiger partial charge in [-0.15, -0.1) is 0 Å². The molecule has 1 atom stereocenters. The van der Waals surface area contributed by atoms with Crippen molar-refractivity contribution in [3.63, 3.8) is 0 Å². The second-order valence-corrected chi connectivity index (χ2v) is 2.87. The van der Waals surface area contributed by atoms with Crippen molar-refractivity contribution >= 4 is 5.97 Å². The molecule has 0 heterocycles. The van der Waals surface area contributed by atoms with Gasteiger partial charge in [0.1, 0.15) is 0 Å². The molecule has 0 aliphatic rings. The van der Waals surface area contributed by atoms with Gasteiger partial charge in [-0.1, -0.05) is 20.4 Å². The summed E-state index contributed by atoms with van der Waals surface area (Å²) in [6, 6.07) is 0.119. The summed E-state index contributed by atoms with van der Waals surface area (Å²) in [5.74, 6) is -0.939. The quantitative estimate of drug-likeness (QED) is 0.599. The van der Waals surface area contributed by atoms with E-state index in [-0.39, 0.29) is 17.7 Å². The van der Waals surface area contributed by atoms with Crippen LogP contribution in [-0.2, 0) is 4.79 Å². The molecule has 11 heavy (non-hydrogen) atoms. The average molecular weight is 157 g/mol. The van der Waals surface area contributed by atoms with E-state index in [4.69, 9.17) is 5.11 Å². The van der Waals surface area contributed by atoms with Crippen LogP contribution in [0.4, 0.5) is 0 Å². The molecular weight excluding hydrogens is 142 g/mol. The van der Waals surface area contributed by atoms with E-state index in [0.29, 0.717) is 0 Å². The molecule has 0 aromatic rings. The Balaban J connectivity index is 3.93. The molecule has 0 aromatic heterocycles. The molecule has 0 amide bonds. The van der Waals surface area contributed by atoms with Crippen molar-refractivity contribution in [1.29, 1.82) is 0 Å². The van der Waals surface area contributed by atoms with E-state index in [9.17, 15) is 4.79 Å². The average Bonchev–Trinajstić information content (AvgIpc) is 1.84. The zero-order valence-electron chi connectivity index (χ0n) is 7.22. The highest BCUT2D eigenvalue weighted by molar-refractivity contribution is 5.87. The largest absolute Gasteiger partial charge is 0.478 e. The second kappa shape index (κ2) is 4.13. The summed E-state index contributed by atoms with van der Waals surface area (Å²) in [6.07, 6.45) is 0. The summed E-state index contributed by atoms with van der Waals surface area (Å²) in [5, 5.41) is 11.6. The Kier molecular flexibility index (Phi) is 3.82. The fourth-order valence-electron chi connectivity index (χ4n) is 0.786. The summed E-state index contributed by atoms with van der Waals surface area (Å²) in [5.41, 5.74) is 0.207. The normalized spacial score (nSPS) is 13.1. The van der Waals surface area contributed by atoms with Crippen LogP contribution in [0.1, 0.15) is 20.8 Å². The Morgan fingerprint density at radius 3 is 2.18 bits per heavy atom. The molecule has 0 spiro atoms. The molecule has 0 aliphatic heterocycles. The smallest absolute Gasteiger partial charge is 0.332 e. The van der Waals surface area contributed by atoms with Gasteiger partial charge in [-0.3, -0.25) is 0 Å². The maximum Gasteiger partial charge on any atom is 0.332 e. The number of carboxylic acids is 1. The SMILES string of the molecule is C=C(C(=O)O)C(C)NC(C)C. The molecule has 0 saturated heterocycles. The van der Waals surface area contributed by atoms with Gasteiger partial charge in [0.05, 0.1) is 0 Å². The third kappa shape index (κ3) is 3.78. The van der Waals surface area contributed by atoms with Gasteiger partial charge in [0.25, 0.3) is 0 Å². The summed E-state index contributed by atoms with van der Waals surface area (Å²) in [4.78, 5) is 10.4. The lowest BCUT2D eigenvalue weighted by molar-refractivity contribution is -0.132. The first kappa shape index (κ1) is 10.2. The molecule has 1 unspecified atom stereocenters. The molecule has 0 aromatic carbocycles. The van der Waals surface area contributed by atoms with Crippen molar-refractivity contribution in [2.45, 2.75) is 32.9 Å². The van der Waals surface area contributed by atoms with Crippen LogP contribution in [-0.4, -0.2) is 23.2 Å². The van der Waals surface area contributed by atoms with Crippen LogP contribution in [0.25, 0.3) is 0 Å². The Morgan fingerprint density at radius 2 is 1.91 bits per heavy atom. The van der Waals surface area contributed by atoms with Crippen molar-refractivity contribution in [2.75, 3.05) is 0 Å². The molecule has 0 radical (unpaired) electrons. The van der Waals surface area contributed by atoms with Crippen LogP contribution in [0.2, 0.25) is 0 Å². The number of hydrogen-bond acceptors (Lipinski definition) is 2. The molecule has 0 bridgehead atoms. The van der Waals surface area contributed by atoms with Crippen LogP contribution in [0.3, 0.4) is 0 Å². The number of carboxylic acid groups (broad SMARTS) is 1. The maximum absolute atomic E-state index is 10.4. The predicted molar refractivity (Wildman–Crippen MR) is 44.5 cm³/mol. The minimum Gasteiger partial charge on any atom is -0.478 e. The van der Waals surface area contributed by atoms with Gasteiger partial charge in [0, 0.05) is 17.7 Å². The topological polar surface area (TPSA) is 49.3 Å². The van der Waals surface area contributed by atoms with Gasteiger partial charge >= 0.3 is 5.97 Å². The van der Waals surface area contributed by atoms with E-state index >= 15 is 0 Å². The summed E-state index contributed by atoms with van der Waals surface area (Å²) >= 11 is 0. The van der Waals surface area contributed by atoms with E-state index in [2.05, 4.69) is 11.9 Å². The predicted octanol–water partition coefficient (Wildman–Crippen LogP) is 1.01. The van der Waals surface area contributed by atoms with Gasteiger partial charge in [-0.05, 0) is 6.92 Å². The van der Waals surface area contributed by atoms with E-state index in [1.165, 1.54) is 0 Å². The van der Waals surface area contributed by atoms with Crippen LogP contribution in [0, 0.1) is 0 Å². The zero-order valence-corrected chi connectivity index (χ0v) is 7.22. The second-order valence-electron chi connectivity index (χ2n) is 2.87. The fourth-order valence-corrected chi connectivity index (χ4v) is 0.786. The van der Waals surface area contributed by atoms with Crippen molar-refractivity contribution in [3.05, 3.63) is 12.2 Å². The zero-order chi connectivity index (χ0) is 9.02. The molecule has 64 valence electrons. The van der Waals surface area contributed by atoms with Gasteiger partial charge in [0.2, 0.25) is 0 Å².